The van der Waals surface area contributed by atoms with Crippen molar-refractivity contribution in [1.82, 2.24) is 15.3 Å². The van der Waals surface area contributed by atoms with Crippen LogP contribution in [0, 0.1) is 5.92 Å². The van der Waals surface area contributed by atoms with Crippen molar-refractivity contribution in [2.75, 3.05) is 32.1 Å². The first-order chi connectivity index (χ1) is 11.7. The normalized spacial score (nSPS) is 26.2. The topological polar surface area (TPSA) is 80.7 Å². The van der Waals surface area contributed by atoms with Gasteiger partial charge >= 0.3 is 0 Å². The molecule has 0 amide bonds. The Kier molecular flexibility index (Phi) is 3.85. The maximum absolute atomic E-state index is 6.16. The summed E-state index contributed by atoms with van der Waals surface area (Å²) in [6.07, 6.45) is 2.99. The lowest BCUT2D eigenvalue weighted by Gasteiger charge is -2.38. The van der Waals surface area contributed by atoms with Crippen LogP contribution >= 0.6 is 11.3 Å². The summed E-state index contributed by atoms with van der Waals surface area (Å²) in [5.74, 6) is 0.872. The van der Waals surface area contributed by atoms with Gasteiger partial charge in [-0.05, 0) is 19.0 Å². The smallest absolute Gasteiger partial charge is 0.291 e. The molecule has 2 N–H and O–H groups in total. The van der Waals surface area contributed by atoms with E-state index in [0.29, 0.717) is 29.5 Å². The van der Waals surface area contributed by atoms with Crippen LogP contribution in [0.15, 0.2) is 29.8 Å². The molecule has 2 aliphatic heterocycles. The number of anilines is 1. The number of hydrogen-bond donors (Lipinski definition) is 2. The van der Waals surface area contributed by atoms with E-state index in [1.165, 1.54) is 11.3 Å². The van der Waals surface area contributed by atoms with E-state index in [2.05, 4.69) is 32.2 Å². The van der Waals surface area contributed by atoms with Crippen LogP contribution in [0.1, 0.15) is 6.42 Å². The van der Waals surface area contributed by atoms with Crippen molar-refractivity contribution < 1.29 is 9.47 Å². The minimum absolute atomic E-state index is 0.295. The molecule has 126 valence electrons. The van der Waals surface area contributed by atoms with E-state index >= 15 is 0 Å². The quantitative estimate of drug-likeness (QED) is 0.829. The lowest BCUT2D eigenvalue weighted by atomic mass is 9.82. The Balaban J connectivity index is 1.51. The minimum atomic E-state index is -0.333. The predicted octanol–water partition coefficient (Wildman–Crippen LogP) is 2.03. The average Bonchev–Trinajstić information content (AvgIpc) is 3.19. The molecule has 2 aromatic rings. The van der Waals surface area contributed by atoms with Crippen LogP contribution in [0.4, 0.5) is 5.13 Å². The SMILES string of the molecule is C=C[C@H]1CCNC[C@@]12CN=C(Nc1nc3ccc(OC)nc3s1)O2. The second kappa shape index (κ2) is 6.03. The monoisotopic (exact) mass is 345 g/mol. The molecule has 4 rings (SSSR count). The maximum Gasteiger partial charge on any atom is 0.291 e. The second-order valence-corrected chi connectivity index (χ2v) is 6.90. The number of aromatic nitrogens is 2. The van der Waals surface area contributed by atoms with Crippen LogP contribution in [0.3, 0.4) is 0 Å². The summed E-state index contributed by atoms with van der Waals surface area (Å²) < 4.78 is 11.3. The first-order valence-corrected chi connectivity index (χ1v) is 8.69. The fourth-order valence-electron chi connectivity index (χ4n) is 3.16. The summed E-state index contributed by atoms with van der Waals surface area (Å²) in [6.45, 7) is 6.33. The summed E-state index contributed by atoms with van der Waals surface area (Å²) in [5.41, 5.74) is 0.487. The molecule has 2 aliphatic rings. The lowest BCUT2D eigenvalue weighted by Crippen LogP contribution is -2.54. The Morgan fingerprint density at radius 2 is 2.42 bits per heavy atom. The van der Waals surface area contributed by atoms with E-state index in [1.807, 2.05) is 12.1 Å². The number of pyridine rings is 1. The Bertz CT molecular complexity index is 805. The molecule has 2 atom stereocenters. The summed E-state index contributed by atoms with van der Waals surface area (Å²) in [5, 5.41) is 7.27. The fraction of sp³-hybridized carbons (Fsp3) is 0.438. The molecule has 2 aromatic heterocycles. The first-order valence-electron chi connectivity index (χ1n) is 7.88. The van der Waals surface area contributed by atoms with Crippen molar-refractivity contribution >= 4 is 32.8 Å². The molecule has 7 nitrogen and oxygen atoms in total. The molecule has 24 heavy (non-hydrogen) atoms. The second-order valence-electron chi connectivity index (χ2n) is 5.92. The Hall–Kier alpha value is -2.19. The third-order valence-electron chi connectivity index (χ3n) is 4.46. The lowest BCUT2D eigenvalue weighted by molar-refractivity contribution is 0.0234. The van der Waals surface area contributed by atoms with Crippen LogP contribution in [0.5, 0.6) is 5.88 Å². The van der Waals surface area contributed by atoms with Crippen LogP contribution in [-0.4, -0.2) is 48.3 Å². The molecule has 0 saturated carbocycles. The summed E-state index contributed by atoms with van der Waals surface area (Å²) >= 11 is 1.45. The number of rotatable bonds is 3. The zero-order valence-electron chi connectivity index (χ0n) is 13.4. The minimum Gasteiger partial charge on any atom is -0.481 e. The van der Waals surface area contributed by atoms with E-state index in [9.17, 15) is 0 Å². The van der Waals surface area contributed by atoms with Gasteiger partial charge in [-0.25, -0.2) is 15.0 Å². The highest BCUT2D eigenvalue weighted by molar-refractivity contribution is 7.21. The summed E-state index contributed by atoms with van der Waals surface area (Å²) in [6, 6.07) is 4.20. The summed E-state index contributed by atoms with van der Waals surface area (Å²) in [4.78, 5) is 14.2. The molecule has 1 fully saturated rings. The van der Waals surface area contributed by atoms with E-state index in [4.69, 9.17) is 9.47 Å². The number of aliphatic imine (C=N–C) groups is 1. The number of hydrogen-bond acceptors (Lipinski definition) is 8. The van der Waals surface area contributed by atoms with Crippen LogP contribution in [0.2, 0.25) is 0 Å². The van der Waals surface area contributed by atoms with Crippen molar-refractivity contribution in [1.29, 1.82) is 0 Å². The molecule has 0 aromatic carbocycles. The molecule has 1 saturated heterocycles. The average molecular weight is 345 g/mol. The number of thiazole rings is 1. The van der Waals surface area contributed by atoms with Gasteiger partial charge in [0, 0.05) is 18.5 Å². The maximum atomic E-state index is 6.16. The Labute approximate surface area is 143 Å². The van der Waals surface area contributed by atoms with Gasteiger partial charge in [0.1, 0.15) is 10.3 Å². The number of piperidine rings is 1. The standard InChI is InChI=1S/C16H19N5O2S/c1-3-10-6-7-17-8-16(10)9-18-14(23-16)21-15-19-11-4-5-12(22-2)20-13(11)24-15/h3-5,10,17H,1,6-9H2,2H3,(H,18,19,21)/t10-,16+/m0/s1. The zero-order valence-corrected chi connectivity index (χ0v) is 14.2. The molecular weight excluding hydrogens is 326 g/mol. The third-order valence-corrected chi connectivity index (χ3v) is 5.34. The molecule has 8 heteroatoms. The predicted molar refractivity (Wildman–Crippen MR) is 94.9 cm³/mol. The number of nitrogens with zero attached hydrogens (tertiary/aromatic N) is 3. The largest absolute Gasteiger partial charge is 0.481 e. The molecular formula is C16H19N5O2S. The molecule has 0 aliphatic carbocycles. The van der Waals surface area contributed by atoms with Gasteiger partial charge < -0.3 is 14.8 Å². The van der Waals surface area contributed by atoms with Crippen LogP contribution in [0.25, 0.3) is 10.3 Å². The van der Waals surface area contributed by atoms with E-state index in [-0.39, 0.29) is 5.60 Å². The van der Waals surface area contributed by atoms with Gasteiger partial charge in [-0.3, -0.25) is 5.32 Å². The van der Waals surface area contributed by atoms with Gasteiger partial charge in [-0.15, -0.1) is 6.58 Å². The highest BCUT2D eigenvalue weighted by Gasteiger charge is 2.45. The third kappa shape index (κ3) is 2.61. The van der Waals surface area contributed by atoms with Gasteiger partial charge in [0.2, 0.25) is 5.88 Å². The highest BCUT2D eigenvalue weighted by atomic mass is 32.1. The Morgan fingerprint density at radius 3 is 3.25 bits per heavy atom. The molecule has 1 spiro atoms. The number of nitrogens with one attached hydrogen (secondary N) is 2. The number of fused-ring (bicyclic) bond motifs is 1. The van der Waals surface area contributed by atoms with Crippen LogP contribution in [-0.2, 0) is 4.74 Å². The van der Waals surface area contributed by atoms with Crippen LogP contribution < -0.4 is 15.4 Å². The van der Waals surface area contributed by atoms with Crippen molar-refractivity contribution in [3.05, 3.63) is 24.8 Å². The van der Waals surface area contributed by atoms with Gasteiger partial charge in [-0.1, -0.05) is 17.4 Å². The van der Waals surface area contributed by atoms with Gasteiger partial charge in [0.05, 0.1) is 13.7 Å². The fourth-order valence-corrected chi connectivity index (χ4v) is 3.98. The summed E-state index contributed by atoms with van der Waals surface area (Å²) in [7, 11) is 1.60. The molecule has 0 radical (unpaired) electrons. The number of methoxy groups -OCH3 is 1. The van der Waals surface area contributed by atoms with Crippen molar-refractivity contribution in [3.63, 3.8) is 0 Å². The molecule has 0 bridgehead atoms. The van der Waals surface area contributed by atoms with Gasteiger partial charge in [0.25, 0.3) is 6.02 Å². The molecule has 0 unspecified atom stereocenters. The van der Waals surface area contributed by atoms with Gasteiger partial charge in [0.15, 0.2) is 10.7 Å². The number of ether oxygens (including phenoxy) is 2. The van der Waals surface area contributed by atoms with Crippen molar-refractivity contribution in [3.8, 4) is 5.88 Å². The van der Waals surface area contributed by atoms with E-state index in [1.54, 1.807) is 13.2 Å². The highest BCUT2D eigenvalue weighted by Crippen LogP contribution is 2.34. The number of amidine groups is 1. The zero-order chi connectivity index (χ0) is 16.6. The van der Waals surface area contributed by atoms with Gasteiger partial charge in [-0.2, -0.15) is 0 Å². The van der Waals surface area contributed by atoms with E-state index in [0.717, 1.165) is 29.9 Å². The van der Waals surface area contributed by atoms with E-state index < -0.39 is 0 Å². The van der Waals surface area contributed by atoms with Crippen molar-refractivity contribution in [2.24, 2.45) is 10.9 Å². The Morgan fingerprint density at radius 1 is 1.50 bits per heavy atom. The first kappa shape index (κ1) is 15.3. The molecule has 4 heterocycles. The van der Waals surface area contributed by atoms with Crippen molar-refractivity contribution in [2.45, 2.75) is 12.0 Å².